The van der Waals surface area contributed by atoms with Crippen molar-refractivity contribution in [1.29, 1.82) is 0 Å². The van der Waals surface area contributed by atoms with Crippen molar-refractivity contribution in [1.82, 2.24) is 5.32 Å². The van der Waals surface area contributed by atoms with Gasteiger partial charge in [-0.3, -0.25) is 0 Å². The molecule has 2 rings (SSSR count). The van der Waals surface area contributed by atoms with Crippen molar-refractivity contribution < 1.29 is 4.42 Å². The molecular weight excluding hydrogens is 194 g/mol. The van der Waals surface area contributed by atoms with Crippen LogP contribution in [0, 0.1) is 0 Å². The van der Waals surface area contributed by atoms with Gasteiger partial charge in [-0.15, -0.1) is 0 Å². The van der Waals surface area contributed by atoms with Crippen LogP contribution in [0.2, 0.25) is 0 Å². The number of hydrogen-bond donors (Lipinski definition) is 1. The standard InChI is InChI=1S/C11H17NOS/c1-9(10-3-6-13-7-10)12-8-11(14-2)4-5-11/h3,6-7,9,12H,4-5,8H2,1-2H3. The molecule has 1 heterocycles. The zero-order valence-electron chi connectivity index (χ0n) is 8.75. The zero-order valence-corrected chi connectivity index (χ0v) is 9.56. The molecule has 0 aromatic carbocycles. The molecule has 3 heteroatoms. The van der Waals surface area contributed by atoms with Crippen molar-refractivity contribution in [2.24, 2.45) is 0 Å². The van der Waals surface area contributed by atoms with Crippen LogP contribution in [0.25, 0.3) is 0 Å². The second-order valence-electron chi connectivity index (χ2n) is 4.05. The van der Waals surface area contributed by atoms with Gasteiger partial charge in [0.2, 0.25) is 0 Å². The minimum absolute atomic E-state index is 0.401. The van der Waals surface area contributed by atoms with E-state index in [9.17, 15) is 0 Å². The summed E-state index contributed by atoms with van der Waals surface area (Å²) in [6, 6.07) is 2.43. The fourth-order valence-electron chi connectivity index (χ4n) is 1.57. The Balaban J connectivity index is 1.81. The van der Waals surface area contributed by atoms with Crippen LogP contribution >= 0.6 is 11.8 Å². The highest BCUT2D eigenvalue weighted by atomic mass is 32.2. The zero-order chi connectivity index (χ0) is 10.0. The maximum Gasteiger partial charge on any atom is 0.0950 e. The molecule has 1 aliphatic rings. The Morgan fingerprint density at radius 2 is 2.43 bits per heavy atom. The van der Waals surface area contributed by atoms with E-state index in [1.807, 2.05) is 24.1 Å². The lowest BCUT2D eigenvalue weighted by Gasteiger charge is -2.17. The van der Waals surface area contributed by atoms with E-state index >= 15 is 0 Å². The average Bonchev–Trinajstić information content (AvgIpc) is 2.78. The first-order valence-electron chi connectivity index (χ1n) is 5.06. The summed E-state index contributed by atoms with van der Waals surface area (Å²) < 4.78 is 5.60. The highest BCUT2D eigenvalue weighted by molar-refractivity contribution is 8.00. The Morgan fingerprint density at radius 3 is 2.93 bits per heavy atom. The van der Waals surface area contributed by atoms with Gasteiger partial charge in [-0.2, -0.15) is 11.8 Å². The lowest BCUT2D eigenvalue weighted by molar-refractivity contribution is 0.534. The van der Waals surface area contributed by atoms with Gasteiger partial charge in [-0.25, -0.2) is 0 Å². The summed E-state index contributed by atoms with van der Waals surface area (Å²) in [5.74, 6) is 0. The van der Waals surface area contributed by atoms with Gasteiger partial charge in [-0.1, -0.05) is 0 Å². The van der Waals surface area contributed by atoms with Gasteiger partial charge in [0.05, 0.1) is 12.5 Å². The number of furan rings is 1. The maximum absolute atomic E-state index is 5.06. The molecule has 78 valence electrons. The molecule has 1 atom stereocenters. The van der Waals surface area contributed by atoms with E-state index < -0.39 is 0 Å². The lowest BCUT2D eigenvalue weighted by atomic mass is 10.2. The molecule has 1 N–H and O–H groups in total. The number of hydrogen-bond acceptors (Lipinski definition) is 3. The van der Waals surface area contributed by atoms with Crippen LogP contribution in [-0.4, -0.2) is 17.5 Å². The third kappa shape index (κ3) is 2.15. The molecule has 1 saturated carbocycles. The molecule has 1 aliphatic carbocycles. The Bertz CT molecular complexity index is 279. The average molecular weight is 211 g/mol. The third-order valence-electron chi connectivity index (χ3n) is 3.01. The summed E-state index contributed by atoms with van der Waals surface area (Å²) in [5, 5.41) is 3.56. The van der Waals surface area contributed by atoms with Gasteiger partial charge < -0.3 is 9.73 Å². The van der Waals surface area contributed by atoms with Crippen molar-refractivity contribution in [3.05, 3.63) is 24.2 Å². The molecule has 1 unspecified atom stereocenters. The van der Waals surface area contributed by atoms with E-state index in [0.717, 1.165) is 6.54 Å². The second-order valence-corrected chi connectivity index (χ2v) is 5.32. The van der Waals surface area contributed by atoms with Crippen molar-refractivity contribution in [3.8, 4) is 0 Å². The van der Waals surface area contributed by atoms with E-state index in [1.54, 1.807) is 6.26 Å². The Morgan fingerprint density at radius 1 is 1.64 bits per heavy atom. The first kappa shape index (κ1) is 10.1. The molecule has 0 amide bonds. The Kier molecular flexibility index (Phi) is 2.88. The first-order chi connectivity index (χ1) is 6.76. The van der Waals surface area contributed by atoms with Crippen LogP contribution in [0.5, 0.6) is 0 Å². The molecule has 14 heavy (non-hydrogen) atoms. The summed E-state index contributed by atoms with van der Waals surface area (Å²) in [6.07, 6.45) is 8.47. The molecule has 1 aromatic heterocycles. The first-order valence-corrected chi connectivity index (χ1v) is 6.29. The van der Waals surface area contributed by atoms with Crippen LogP contribution < -0.4 is 5.32 Å². The van der Waals surface area contributed by atoms with E-state index in [4.69, 9.17) is 4.42 Å². The number of rotatable bonds is 5. The fraction of sp³-hybridized carbons (Fsp3) is 0.636. The second kappa shape index (κ2) is 3.99. The minimum Gasteiger partial charge on any atom is -0.472 e. The minimum atomic E-state index is 0.401. The lowest BCUT2D eigenvalue weighted by Crippen LogP contribution is -2.28. The number of thioether (sulfide) groups is 1. The van der Waals surface area contributed by atoms with Gasteiger partial charge in [-0.05, 0) is 32.1 Å². The van der Waals surface area contributed by atoms with Gasteiger partial charge >= 0.3 is 0 Å². The van der Waals surface area contributed by atoms with Crippen LogP contribution in [0.4, 0.5) is 0 Å². The van der Waals surface area contributed by atoms with Gasteiger partial charge in [0, 0.05) is 22.9 Å². The molecular formula is C11H17NOS. The molecule has 0 saturated heterocycles. The summed E-state index contributed by atoms with van der Waals surface area (Å²) in [4.78, 5) is 0. The van der Waals surface area contributed by atoms with E-state index in [0.29, 0.717) is 10.8 Å². The molecule has 0 radical (unpaired) electrons. The van der Waals surface area contributed by atoms with Crippen LogP contribution in [-0.2, 0) is 0 Å². The van der Waals surface area contributed by atoms with Gasteiger partial charge in [0.1, 0.15) is 0 Å². The molecule has 0 aliphatic heterocycles. The Labute approximate surface area is 89.4 Å². The highest BCUT2D eigenvalue weighted by Crippen LogP contribution is 2.46. The summed E-state index contributed by atoms with van der Waals surface area (Å²) >= 11 is 1.99. The van der Waals surface area contributed by atoms with Crippen molar-refractivity contribution >= 4 is 11.8 Å². The SMILES string of the molecule is CSC1(CNC(C)c2ccoc2)CC1. The topological polar surface area (TPSA) is 25.2 Å². The summed E-state index contributed by atoms with van der Waals surface area (Å²) in [5.41, 5.74) is 1.24. The molecule has 2 nitrogen and oxygen atoms in total. The predicted octanol–water partition coefficient (Wildman–Crippen LogP) is 2.83. The fourth-order valence-corrected chi connectivity index (χ4v) is 2.31. The van der Waals surface area contributed by atoms with E-state index in [-0.39, 0.29) is 0 Å². The van der Waals surface area contributed by atoms with Crippen molar-refractivity contribution in [2.45, 2.75) is 30.6 Å². The van der Waals surface area contributed by atoms with Crippen LogP contribution in [0.1, 0.15) is 31.4 Å². The van der Waals surface area contributed by atoms with Crippen LogP contribution in [0.3, 0.4) is 0 Å². The third-order valence-corrected chi connectivity index (χ3v) is 4.43. The summed E-state index contributed by atoms with van der Waals surface area (Å²) in [7, 11) is 0. The van der Waals surface area contributed by atoms with E-state index in [1.165, 1.54) is 18.4 Å². The highest BCUT2D eigenvalue weighted by Gasteiger charge is 2.41. The van der Waals surface area contributed by atoms with Crippen LogP contribution in [0.15, 0.2) is 23.0 Å². The Hall–Kier alpha value is -0.410. The maximum atomic E-state index is 5.06. The molecule has 1 aromatic rings. The number of nitrogens with one attached hydrogen (secondary N) is 1. The van der Waals surface area contributed by atoms with Gasteiger partial charge in [0.25, 0.3) is 0 Å². The van der Waals surface area contributed by atoms with Gasteiger partial charge in [0.15, 0.2) is 0 Å². The molecule has 1 fully saturated rings. The van der Waals surface area contributed by atoms with Crippen molar-refractivity contribution in [2.75, 3.05) is 12.8 Å². The predicted molar refractivity (Wildman–Crippen MR) is 60.6 cm³/mol. The van der Waals surface area contributed by atoms with Crippen molar-refractivity contribution in [3.63, 3.8) is 0 Å². The monoisotopic (exact) mass is 211 g/mol. The molecule has 0 spiro atoms. The van der Waals surface area contributed by atoms with E-state index in [2.05, 4.69) is 18.5 Å². The summed E-state index contributed by atoms with van der Waals surface area (Å²) in [6.45, 7) is 3.29. The largest absolute Gasteiger partial charge is 0.472 e. The quantitative estimate of drug-likeness (QED) is 0.810. The smallest absolute Gasteiger partial charge is 0.0950 e. The normalized spacial score (nSPS) is 20.7. The molecule has 0 bridgehead atoms.